The number of carbonyl (C=O) groups excluding carboxylic acids is 1. The number of aromatic amines is 1. The SMILES string of the molecule is CN(Cc1cnc(C#N)c2cn[nH]c12)C(=O)c1ccc(-c2cccc(F)c2)c(OC2CC2)c1. The molecule has 2 aromatic carbocycles. The standard InChI is InChI=1S/C25H20FN5O2/c1-31(14-17-12-28-22(11-27)21-13-29-30-24(17)21)25(32)16-5-8-20(15-3-2-4-18(26)9-15)23(10-16)33-19-6-7-19/h2-5,8-10,12-13,19H,6-7,14H2,1H3,(H,29,30). The molecule has 0 atom stereocenters. The minimum Gasteiger partial charge on any atom is -0.490 e. The molecule has 1 aliphatic rings. The van der Waals surface area contributed by atoms with Gasteiger partial charge in [-0.05, 0) is 48.7 Å². The summed E-state index contributed by atoms with van der Waals surface area (Å²) >= 11 is 0. The molecule has 33 heavy (non-hydrogen) atoms. The van der Waals surface area contributed by atoms with Gasteiger partial charge in [0.1, 0.15) is 17.6 Å². The number of ether oxygens (including phenoxy) is 1. The number of benzene rings is 2. The first kappa shape index (κ1) is 20.6. The van der Waals surface area contributed by atoms with Gasteiger partial charge in [-0.1, -0.05) is 12.1 Å². The highest BCUT2D eigenvalue weighted by atomic mass is 19.1. The molecule has 164 valence electrons. The molecule has 1 saturated carbocycles. The molecule has 1 N–H and O–H groups in total. The fourth-order valence-corrected chi connectivity index (χ4v) is 3.76. The highest BCUT2D eigenvalue weighted by molar-refractivity contribution is 5.96. The van der Waals surface area contributed by atoms with Gasteiger partial charge in [0.2, 0.25) is 0 Å². The zero-order valence-electron chi connectivity index (χ0n) is 17.9. The van der Waals surface area contributed by atoms with Crippen molar-refractivity contribution in [2.24, 2.45) is 0 Å². The lowest BCUT2D eigenvalue weighted by atomic mass is 10.0. The van der Waals surface area contributed by atoms with Gasteiger partial charge in [0.15, 0.2) is 5.69 Å². The number of amides is 1. The first-order valence-corrected chi connectivity index (χ1v) is 10.6. The Hall–Kier alpha value is -4.25. The molecule has 2 heterocycles. The molecule has 4 aromatic rings. The number of hydrogen-bond donors (Lipinski definition) is 1. The van der Waals surface area contributed by atoms with E-state index in [1.165, 1.54) is 12.1 Å². The highest BCUT2D eigenvalue weighted by Crippen LogP contribution is 2.36. The van der Waals surface area contributed by atoms with Crippen LogP contribution in [0.1, 0.15) is 34.5 Å². The number of nitrogens with one attached hydrogen (secondary N) is 1. The summed E-state index contributed by atoms with van der Waals surface area (Å²) in [5.74, 6) is 0.0442. The van der Waals surface area contributed by atoms with Crippen molar-refractivity contribution in [2.75, 3.05) is 7.05 Å². The molecule has 7 nitrogen and oxygen atoms in total. The van der Waals surface area contributed by atoms with Crippen LogP contribution in [0.3, 0.4) is 0 Å². The number of nitrogens with zero attached hydrogens (tertiary/aromatic N) is 4. The Kier molecular flexibility index (Phi) is 5.23. The van der Waals surface area contributed by atoms with Crippen molar-refractivity contribution in [1.29, 1.82) is 5.26 Å². The van der Waals surface area contributed by atoms with E-state index in [2.05, 4.69) is 15.2 Å². The van der Waals surface area contributed by atoms with E-state index >= 15 is 0 Å². The quantitative estimate of drug-likeness (QED) is 0.477. The van der Waals surface area contributed by atoms with E-state index < -0.39 is 0 Å². The number of hydrogen-bond acceptors (Lipinski definition) is 5. The topological polar surface area (TPSA) is 94.9 Å². The van der Waals surface area contributed by atoms with Crippen LogP contribution in [-0.2, 0) is 6.54 Å². The summed E-state index contributed by atoms with van der Waals surface area (Å²) in [6, 6.07) is 13.6. The Bertz CT molecular complexity index is 1400. The van der Waals surface area contributed by atoms with E-state index in [-0.39, 0.29) is 30.1 Å². The molecule has 1 amide bonds. The highest BCUT2D eigenvalue weighted by Gasteiger charge is 2.26. The van der Waals surface area contributed by atoms with Crippen molar-refractivity contribution in [1.82, 2.24) is 20.1 Å². The summed E-state index contributed by atoms with van der Waals surface area (Å²) in [6.07, 6.45) is 5.19. The van der Waals surface area contributed by atoms with Crippen molar-refractivity contribution in [3.63, 3.8) is 0 Å². The molecule has 2 aromatic heterocycles. The molecule has 0 aliphatic heterocycles. The Balaban J connectivity index is 1.43. The van der Waals surface area contributed by atoms with E-state index in [4.69, 9.17) is 4.74 Å². The van der Waals surface area contributed by atoms with Crippen LogP contribution in [0.25, 0.3) is 22.0 Å². The normalized spacial score (nSPS) is 13.0. The summed E-state index contributed by atoms with van der Waals surface area (Å²) in [6.45, 7) is 0.278. The van der Waals surface area contributed by atoms with Gasteiger partial charge in [0.25, 0.3) is 5.91 Å². The number of rotatable bonds is 6. The molecule has 0 bridgehead atoms. The molecule has 8 heteroatoms. The summed E-state index contributed by atoms with van der Waals surface area (Å²) in [5, 5.41) is 16.7. The summed E-state index contributed by atoms with van der Waals surface area (Å²) in [4.78, 5) is 19.0. The number of nitriles is 1. The number of halogens is 1. The Labute approximate surface area is 189 Å². The lowest BCUT2D eigenvalue weighted by Crippen LogP contribution is -2.26. The van der Waals surface area contributed by atoms with Crippen molar-refractivity contribution >= 4 is 16.8 Å². The van der Waals surface area contributed by atoms with Gasteiger partial charge in [-0.15, -0.1) is 0 Å². The third-order valence-corrected chi connectivity index (χ3v) is 5.61. The van der Waals surface area contributed by atoms with Crippen molar-refractivity contribution in [2.45, 2.75) is 25.5 Å². The third kappa shape index (κ3) is 4.13. The first-order valence-electron chi connectivity index (χ1n) is 10.6. The molecule has 1 aliphatic carbocycles. The Morgan fingerprint density at radius 3 is 2.88 bits per heavy atom. The van der Waals surface area contributed by atoms with E-state index in [0.29, 0.717) is 27.8 Å². The third-order valence-electron chi connectivity index (χ3n) is 5.61. The minimum absolute atomic E-state index is 0.124. The lowest BCUT2D eigenvalue weighted by Gasteiger charge is -2.19. The molecule has 0 unspecified atom stereocenters. The van der Waals surface area contributed by atoms with Crippen molar-refractivity contribution in [3.05, 3.63) is 77.5 Å². The van der Waals surface area contributed by atoms with Crippen molar-refractivity contribution in [3.8, 4) is 22.9 Å². The molecular weight excluding hydrogens is 421 g/mol. The van der Waals surface area contributed by atoms with E-state index in [1.54, 1.807) is 48.6 Å². The fraction of sp³-hybridized carbons (Fsp3) is 0.200. The van der Waals surface area contributed by atoms with Crippen LogP contribution in [0.15, 0.2) is 54.9 Å². The van der Waals surface area contributed by atoms with Crippen molar-refractivity contribution < 1.29 is 13.9 Å². The van der Waals surface area contributed by atoms with Gasteiger partial charge >= 0.3 is 0 Å². The first-order chi connectivity index (χ1) is 16.0. The van der Waals surface area contributed by atoms with Gasteiger partial charge in [0, 0.05) is 36.5 Å². The Morgan fingerprint density at radius 1 is 1.27 bits per heavy atom. The fourth-order valence-electron chi connectivity index (χ4n) is 3.76. The lowest BCUT2D eigenvalue weighted by molar-refractivity contribution is 0.0785. The van der Waals surface area contributed by atoms with Gasteiger partial charge in [-0.25, -0.2) is 9.37 Å². The van der Waals surface area contributed by atoms with Crippen LogP contribution in [-0.4, -0.2) is 39.1 Å². The number of pyridine rings is 1. The van der Waals surface area contributed by atoms with Gasteiger partial charge in [0.05, 0.1) is 23.2 Å². The maximum atomic E-state index is 13.8. The molecule has 1 fully saturated rings. The zero-order chi connectivity index (χ0) is 22.9. The predicted molar refractivity (Wildman–Crippen MR) is 120 cm³/mol. The van der Waals surface area contributed by atoms with E-state index in [0.717, 1.165) is 24.0 Å². The molecule has 0 saturated heterocycles. The number of carbonyl (C=O) groups is 1. The smallest absolute Gasteiger partial charge is 0.254 e. The number of fused-ring (bicyclic) bond motifs is 1. The molecular formula is C25H20FN5O2. The van der Waals surface area contributed by atoms with Crippen LogP contribution in [0.4, 0.5) is 4.39 Å². The molecule has 5 rings (SSSR count). The van der Waals surface area contributed by atoms with Crippen LogP contribution < -0.4 is 4.74 Å². The zero-order valence-corrected chi connectivity index (χ0v) is 17.9. The molecule has 0 radical (unpaired) electrons. The van der Waals surface area contributed by atoms with Crippen LogP contribution >= 0.6 is 0 Å². The van der Waals surface area contributed by atoms with Gasteiger partial charge in [-0.2, -0.15) is 10.4 Å². The van der Waals surface area contributed by atoms with Crippen LogP contribution in [0.5, 0.6) is 5.75 Å². The van der Waals surface area contributed by atoms with Crippen LogP contribution in [0, 0.1) is 17.1 Å². The second-order valence-electron chi connectivity index (χ2n) is 8.10. The van der Waals surface area contributed by atoms with Crippen LogP contribution in [0.2, 0.25) is 0 Å². The second kappa shape index (κ2) is 8.36. The average Bonchev–Trinajstić information content (AvgIpc) is 3.49. The average molecular weight is 441 g/mol. The summed E-state index contributed by atoms with van der Waals surface area (Å²) in [7, 11) is 1.70. The van der Waals surface area contributed by atoms with Gasteiger partial charge < -0.3 is 9.64 Å². The Morgan fingerprint density at radius 2 is 2.12 bits per heavy atom. The maximum Gasteiger partial charge on any atom is 0.254 e. The minimum atomic E-state index is -0.328. The maximum absolute atomic E-state index is 13.8. The van der Waals surface area contributed by atoms with E-state index in [1.807, 2.05) is 12.1 Å². The summed E-state index contributed by atoms with van der Waals surface area (Å²) in [5.41, 5.74) is 3.63. The largest absolute Gasteiger partial charge is 0.490 e. The number of aromatic nitrogens is 3. The molecule has 0 spiro atoms. The predicted octanol–water partition coefficient (Wildman–Crippen LogP) is 4.45. The van der Waals surface area contributed by atoms with E-state index in [9.17, 15) is 14.4 Å². The monoisotopic (exact) mass is 441 g/mol. The second-order valence-corrected chi connectivity index (χ2v) is 8.10. The number of H-pyrrole nitrogens is 1. The summed E-state index contributed by atoms with van der Waals surface area (Å²) < 4.78 is 19.8. The van der Waals surface area contributed by atoms with Gasteiger partial charge in [-0.3, -0.25) is 9.89 Å².